The summed E-state index contributed by atoms with van der Waals surface area (Å²) in [4.78, 5) is 11.8. The summed E-state index contributed by atoms with van der Waals surface area (Å²) in [6.07, 6.45) is 6.92. The molecule has 0 saturated heterocycles. The van der Waals surface area contributed by atoms with Crippen LogP contribution in [-0.2, 0) is 0 Å². The average molecular weight is 298 g/mol. The van der Waals surface area contributed by atoms with Gasteiger partial charge in [-0.1, -0.05) is 19.3 Å². The Bertz CT molecular complexity index is 453. The molecule has 2 nitrogen and oxygen atoms in total. The van der Waals surface area contributed by atoms with Crippen LogP contribution in [0.4, 0.5) is 4.39 Å². The van der Waals surface area contributed by atoms with E-state index >= 15 is 0 Å². The Kier molecular flexibility index (Phi) is 5.17. The van der Waals surface area contributed by atoms with Crippen molar-refractivity contribution < 1.29 is 9.18 Å². The van der Waals surface area contributed by atoms with Gasteiger partial charge in [-0.15, -0.1) is 6.42 Å². The molecule has 1 aromatic carbocycles. The normalized spacial score (nSPS) is 11.6. The minimum atomic E-state index is -0.399. The minimum absolute atomic E-state index is 0.262. The van der Waals surface area contributed by atoms with Crippen LogP contribution in [-0.4, -0.2) is 11.9 Å². The quantitative estimate of drug-likeness (QED) is 0.850. The van der Waals surface area contributed by atoms with E-state index in [1.807, 2.05) is 6.92 Å². The summed E-state index contributed by atoms with van der Waals surface area (Å²) in [7, 11) is 0. The molecule has 0 spiro atoms. The van der Waals surface area contributed by atoms with Crippen LogP contribution in [0.1, 0.15) is 30.1 Å². The molecule has 0 heterocycles. The lowest BCUT2D eigenvalue weighted by atomic mass is 10.1. The number of amides is 1. The summed E-state index contributed by atoms with van der Waals surface area (Å²) < 4.78 is 13.3. The lowest BCUT2D eigenvalue weighted by Gasteiger charge is -2.12. The Morgan fingerprint density at radius 3 is 2.88 bits per heavy atom. The SMILES string of the molecule is C#CC(CCC)NC(=O)c1ccc(F)c(Br)c1. The molecule has 4 heteroatoms. The fourth-order valence-electron chi connectivity index (χ4n) is 1.36. The van der Waals surface area contributed by atoms with E-state index in [2.05, 4.69) is 27.2 Å². The first-order valence-corrected chi connectivity index (χ1v) is 6.09. The summed E-state index contributed by atoms with van der Waals surface area (Å²) in [5.41, 5.74) is 0.384. The molecule has 0 bridgehead atoms. The molecule has 0 aliphatic rings. The van der Waals surface area contributed by atoms with Gasteiger partial charge in [0, 0.05) is 5.56 Å². The van der Waals surface area contributed by atoms with Gasteiger partial charge in [0.1, 0.15) is 5.82 Å². The molecule has 1 amide bonds. The third kappa shape index (κ3) is 3.86. The molecule has 0 aromatic heterocycles. The molecule has 0 fully saturated rings. The van der Waals surface area contributed by atoms with Gasteiger partial charge in [-0.05, 0) is 40.5 Å². The first-order valence-electron chi connectivity index (χ1n) is 5.30. The summed E-state index contributed by atoms with van der Waals surface area (Å²) in [6, 6.07) is 3.82. The zero-order valence-corrected chi connectivity index (χ0v) is 11.1. The van der Waals surface area contributed by atoms with Crippen molar-refractivity contribution in [1.82, 2.24) is 5.32 Å². The van der Waals surface area contributed by atoms with Gasteiger partial charge in [-0.2, -0.15) is 0 Å². The molecular weight excluding hydrogens is 285 g/mol. The zero-order chi connectivity index (χ0) is 12.8. The van der Waals surface area contributed by atoms with Gasteiger partial charge in [0.05, 0.1) is 10.5 Å². The topological polar surface area (TPSA) is 29.1 Å². The van der Waals surface area contributed by atoms with Crippen molar-refractivity contribution in [3.05, 3.63) is 34.1 Å². The Labute approximate surface area is 109 Å². The highest BCUT2D eigenvalue weighted by molar-refractivity contribution is 9.10. The molecule has 1 atom stereocenters. The van der Waals surface area contributed by atoms with E-state index in [-0.39, 0.29) is 16.4 Å². The summed E-state index contributed by atoms with van der Waals surface area (Å²) >= 11 is 3.03. The van der Waals surface area contributed by atoms with Gasteiger partial charge in [0.25, 0.3) is 5.91 Å². The van der Waals surface area contributed by atoms with E-state index in [0.29, 0.717) is 5.56 Å². The molecule has 0 saturated carbocycles. The van der Waals surface area contributed by atoms with E-state index in [1.165, 1.54) is 18.2 Å². The second-order valence-electron chi connectivity index (χ2n) is 3.61. The van der Waals surface area contributed by atoms with Crippen molar-refractivity contribution >= 4 is 21.8 Å². The van der Waals surface area contributed by atoms with E-state index in [9.17, 15) is 9.18 Å². The van der Waals surface area contributed by atoms with Crippen LogP contribution in [0, 0.1) is 18.2 Å². The van der Waals surface area contributed by atoms with Crippen molar-refractivity contribution in [2.24, 2.45) is 0 Å². The maximum atomic E-state index is 13.0. The smallest absolute Gasteiger partial charge is 0.252 e. The number of benzene rings is 1. The molecule has 0 radical (unpaired) electrons. The Hall–Kier alpha value is -1.34. The predicted octanol–water partition coefficient (Wildman–Crippen LogP) is 3.12. The lowest BCUT2D eigenvalue weighted by Crippen LogP contribution is -2.33. The van der Waals surface area contributed by atoms with Crippen molar-refractivity contribution in [3.63, 3.8) is 0 Å². The van der Waals surface area contributed by atoms with Gasteiger partial charge in [0.2, 0.25) is 0 Å². The number of terminal acetylenes is 1. The van der Waals surface area contributed by atoms with Crippen LogP contribution in [0.2, 0.25) is 0 Å². The largest absolute Gasteiger partial charge is 0.338 e. The standard InChI is InChI=1S/C13H13BrFNO/c1-3-5-10(4-2)16-13(17)9-6-7-12(15)11(14)8-9/h2,6-8,10H,3,5H2,1H3,(H,16,17). The molecule has 17 heavy (non-hydrogen) atoms. The molecule has 0 aliphatic carbocycles. The Morgan fingerprint density at radius 2 is 2.35 bits per heavy atom. The zero-order valence-electron chi connectivity index (χ0n) is 9.47. The van der Waals surface area contributed by atoms with Crippen LogP contribution in [0.25, 0.3) is 0 Å². The van der Waals surface area contributed by atoms with E-state index in [4.69, 9.17) is 6.42 Å². The van der Waals surface area contributed by atoms with Gasteiger partial charge in [0.15, 0.2) is 0 Å². The van der Waals surface area contributed by atoms with Crippen LogP contribution >= 0.6 is 15.9 Å². The van der Waals surface area contributed by atoms with Crippen LogP contribution in [0.3, 0.4) is 0 Å². The first kappa shape index (κ1) is 13.7. The monoisotopic (exact) mass is 297 g/mol. The van der Waals surface area contributed by atoms with Crippen molar-refractivity contribution in [2.75, 3.05) is 0 Å². The van der Waals surface area contributed by atoms with Gasteiger partial charge >= 0.3 is 0 Å². The van der Waals surface area contributed by atoms with E-state index in [0.717, 1.165) is 12.8 Å². The number of hydrogen-bond donors (Lipinski definition) is 1. The molecule has 0 aliphatic heterocycles. The van der Waals surface area contributed by atoms with Crippen molar-refractivity contribution in [3.8, 4) is 12.3 Å². The fourth-order valence-corrected chi connectivity index (χ4v) is 1.74. The summed E-state index contributed by atoms with van der Waals surface area (Å²) in [5.74, 6) is 1.82. The number of hydrogen-bond acceptors (Lipinski definition) is 1. The predicted molar refractivity (Wildman–Crippen MR) is 69.1 cm³/mol. The first-order chi connectivity index (χ1) is 8.08. The molecule has 1 unspecified atom stereocenters. The Morgan fingerprint density at radius 1 is 1.65 bits per heavy atom. The van der Waals surface area contributed by atoms with Gasteiger partial charge < -0.3 is 5.32 Å². The second kappa shape index (κ2) is 6.41. The number of carbonyl (C=O) groups is 1. The number of halogens is 2. The Balaban J connectivity index is 2.76. The van der Waals surface area contributed by atoms with Gasteiger partial charge in [-0.3, -0.25) is 4.79 Å². The van der Waals surface area contributed by atoms with Gasteiger partial charge in [-0.25, -0.2) is 4.39 Å². The van der Waals surface area contributed by atoms with Crippen molar-refractivity contribution in [1.29, 1.82) is 0 Å². The third-order valence-electron chi connectivity index (χ3n) is 2.27. The third-order valence-corrected chi connectivity index (χ3v) is 2.87. The van der Waals surface area contributed by atoms with Crippen molar-refractivity contribution in [2.45, 2.75) is 25.8 Å². The molecule has 90 valence electrons. The fraction of sp³-hybridized carbons (Fsp3) is 0.308. The average Bonchev–Trinajstić information content (AvgIpc) is 2.31. The highest BCUT2D eigenvalue weighted by atomic mass is 79.9. The summed E-state index contributed by atoms with van der Waals surface area (Å²) in [6.45, 7) is 1.99. The number of nitrogens with one attached hydrogen (secondary N) is 1. The molecule has 1 aromatic rings. The molecule has 1 N–H and O–H groups in total. The summed E-state index contributed by atoms with van der Waals surface area (Å²) in [5, 5.41) is 2.71. The number of carbonyl (C=O) groups excluding carboxylic acids is 1. The maximum Gasteiger partial charge on any atom is 0.252 e. The lowest BCUT2D eigenvalue weighted by molar-refractivity contribution is 0.0944. The second-order valence-corrected chi connectivity index (χ2v) is 4.46. The number of rotatable bonds is 4. The molecule has 1 rings (SSSR count). The highest BCUT2D eigenvalue weighted by Crippen LogP contribution is 2.16. The van der Waals surface area contributed by atoms with Crippen LogP contribution in [0.15, 0.2) is 22.7 Å². The highest BCUT2D eigenvalue weighted by Gasteiger charge is 2.12. The van der Waals surface area contributed by atoms with Crippen LogP contribution < -0.4 is 5.32 Å². The van der Waals surface area contributed by atoms with E-state index < -0.39 is 5.82 Å². The van der Waals surface area contributed by atoms with E-state index in [1.54, 1.807) is 0 Å². The van der Waals surface area contributed by atoms with Crippen LogP contribution in [0.5, 0.6) is 0 Å². The molecular formula is C13H13BrFNO. The minimum Gasteiger partial charge on any atom is -0.338 e. The maximum absolute atomic E-state index is 13.0.